The van der Waals surface area contributed by atoms with Crippen LogP contribution in [0.2, 0.25) is 0 Å². The third-order valence-corrected chi connectivity index (χ3v) is 4.64. The second-order valence-corrected chi connectivity index (χ2v) is 6.75. The predicted octanol–water partition coefficient (Wildman–Crippen LogP) is 2.94. The van der Waals surface area contributed by atoms with E-state index in [1.165, 1.54) is 0 Å². The quantitative estimate of drug-likeness (QED) is 0.876. The maximum absolute atomic E-state index is 12.0. The standard InChI is InChI=1S/C17H20N4O2S/c1-12-19-14(11-24-12)7-8-18-17(23)20-13-4-2-5-15(10-13)21-9-3-6-16(21)22/h2,4-5,10-11H,3,6-9H2,1H3,(H2,18,20,23). The van der Waals surface area contributed by atoms with Crippen molar-refractivity contribution in [3.8, 4) is 0 Å². The minimum Gasteiger partial charge on any atom is -0.337 e. The SMILES string of the molecule is Cc1nc(CCNC(=O)Nc2cccc(N3CCCC3=O)c2)cs1. The molecule has 1 fully saturated rings. The van der Waals surface area contributed by atoms with E-state index in [1.807, 2.05) is 36.6 Å². The van der Waals surface area contributed by atoms with Crippen LogP contribution in [-0.2, 0) is 11.2 Å². The molecule has 0 unspecified atom stereocenters. The number of nitrogens with one attached hydrogen (secondary N) is 2. The Kier molecular flexibility index (Phi) is 5.10. The van der Waals surface area contributed by atoms with Gasteiger partial charge < -0.3 is 15.5 Å². The van der Waals surface area contributed by atoms with Crippen molar-refractivity contribution in [3.05, 3.63) is 40.3 Å². The van der Waals surface area contributed by atoms with Crippen LogP contribution in [0.1, 0.15) is 23.5 Å². The highest BCUT2D eigenvalue weighted by Gasteiger charge is 2.21. The van der Waals surface area contributed by atoms with Crippen LogP contribution in [0.4, 0.5) is 16.2 Å². The van der Waals surface area contributed by atoms with Gasteiger partial charge in [0.25, 0.3) is 0 Å². The summed E-state index contributed by atoms with van der Waals surface area (Å²) in [4.78, 5) is 29.9. The molecule has 0 atom stereocenters. The van der Waals surface area contributed by atoms with Crippen molar-refractivity contribution in [2.75, 3.05) is 23.3 Å². The van der Waals surface area contributed by atoms with Gasteiger partial charge in [-0.15, -0.1) is 11.3 Å². The predicted molar refractivity (Wildman–Crippen MR) is 95.6 cm³/mol. The van der Waals surface area contributed by atoms with Crippen LogP contribution < -0.4 is 15.5 Å². The van der Waals surface area contributed by atoms with Crippen molar-refractivity contribution in [1.29, 1.82) is 0 Å². The highest BCUT2D eigenvalue weighted by atomic mass is 32.1. The van der Waals surface area contributed by atoms with Gasteiger partial charge in [0.15, 0.2) is 0 Å². The van der Waals surface area contributed by atoms with Gasteiger partial charge in [-0.05, 0) is 31.5 Å². The molecule has 1 saturated heterocycles. The van der Waals surface area contributed by atoms with Crippen LogP contribution in [0.5, 0.6) is 0 Å². The second-order valence-electron chi connectivity index (χ2n) is 5.69. The number of aryl methyl sites for hydroxylation is 1. The first-order chi connectivity index (χ1) is 11.6. The maximum atomic E-state index is 12.0. The molecule has 1 aliphatic heterocycles. The summed E-state index contributed by atoms with van der Waals surface area (Å²) in [5, 5.41) is 8.66. The molecule has 24 heavy (non-hydrogen) atoms. The average Bonchev–Trinajstić information content (AvgIpc) is 3.16. The van der Waals surface area contributed by atoms with E-state index in [0.29, 0.717) is 25.1 Å². The maximum Gasteiger partial charge on any atom is 0.319 e. The Labute approximate surface area is 144 Å². The van der Waals surface area contributed by atoms with Crippen LogP contribution in [0.3, 0.4) is 0 Å². The van der Waals surface area contributed by atoms with E-state index in [2.05, 4.69) is 15.6 Å². The van der Waals surface area contributed by atoms with E-state index in [0.717, 1.165) is 29.4 Å². The molecule has 126 valence electrons. The lowest BCUT2D eigenvalue weighted by molar-refractivity contribution is -0.117. The van der Waals surface area contributed by atoms with Crippen molar-refractivity contribution >= 4 is 34.6 Å². The summed E-state index contributed by atoms with van der Waals surface area (Å²) >= 11 is 1.61. The van der Waals surface area contributed by atoms with Crippen molar-refractivity contribution in [2.45, 2.75) is 26.2 Å². The van der Waals surface area contributed by atoms with E-state index < -0.39 is 0 Å². The molecule has 1 aromatic heterocycles. The zero-order valence-corrected chi connectivity index (χ0v) is 14.4. The molecule has 0 radical (unpaired) electrons. The fraction of sp³-hybridized carbons (Fsp3) is 0.353. The largest absolute Gasteiger partial charge is 0.337 e. The zero-order chi connectivity index (χ0) is 16.9. The second kappa shape index (κ2) is 7.44. The first-order valence-corrected chi connectivity index (χ1v) is 8.86. The summed E-state index contributed by atoms with van der Waals surface area (Å²) in [6, 6.07) is 7.11. The lowest BCUT2D eigenvalue weighted by atomic mass is 10.2. The van der Waals surface area contributed by atoms with Crippen molar-refractivity contribution in [3.63, 3.8) is 0 Å². The molecule has 2 N–H and O–H groups in total. The van der Waals surface area contributed by atoms with Crippen molar-refractivity contribution < 1.29 is 9.59 Å². The normalized spacial score (nSPS) is 14.0. The van der Waals surface area contributed by atoms with Gasteiger partial charge >= 0.3 is 6.03 Å². The topological polar surface area (TPSA) is 74.3 Å². The summed E-state index contributed by atoms with van der Waals surface area (Å²) in [5.41, 5.74) is 2.50. The molecule has 3 rings (SSSR count). The summed E-state index contributed by atoms with van der Waals surface area (Å²) in [6.07, 6.45) is 2.18. The van der Waals surface area contributed by atoms with Gasteiger partial charge in [0.05, 0.1) is 10.7 Å². The zero-order valence-electron chi connectivity index (χ0n) is 13.5. The number of nitrogens with zero attached hydrogens (tertiary/aromatic N) is 2. The van der Waals surface area contributed by atoms with E-state index in [9.17, 15) is 9.59 Å². The Bertz CT molecular complexity index is 744. The number of anilines is 2. The number of rotatable bonds is 5. The van der Waals surface area contributed by atoms with Crippen LogP contribution in [0, 0.1) is 6.92 Å². The molecule has 3 amide bonds. The van der Waals surface area contributed by atoms with Gasteiger partial charge in [-0.1, -0.05) is 6.07 Å². The van der Waals surface area contributed by atoms with E-state index in [1.54, 1.807) is 16.2 Å². The molecule has 2 aromatic rings. The molecule has 0 bridgehead atoms. The number of hydrogen-bond donors (Lipinski definition) is 2. The Hall–Kier alpha value is -2.41. The monoisotopic (exact) mass is 344 g/mol. The van der Waals surface area contributed by atoms with Gasteiger partial charge in [-0.3, -0.25) is 4.79 Å². The van der Waals surface area contributed by atoms with Crippen LogP contribution in [0.25, 0.3) is 0 Å². The number of carbonyl (C=O) groups excluding carboxylic acids is 2. The summed E-state index contributed by atoms with van der Waals surface area (Å²) in [7, 11) is 0. The average molecular weight is 344 g/mol. The lowest BCUT2D eigenvalue weighted by Crippen LogP contribution is -2.30. The fourth-order valence-corrected chi connectivity index (χ4v) is 3.32. The molecule has 1 aromatic carbocycles. The van der Waals surface area contributed by atoms with E-state index in [-0.39, 0.29) is 11.9 Å². The van der Waals surface area contributed by atoms with Crippen LogP contribution in [-0.4, -0.2) is 30.0 Å². The Balaban J connectivity index is 1.51. The highest BCUT2D eigenvalue weighted by molar-refractivity contribution is 7.09. The first kappa shape index (κ1) is 16.4. The number of carbonyl (C=O) groups is 2. The van der Waals surface area contributed by atoms with E-state index >= 15 is 0 Å². The number of benzene rings is 1. The summed E-state index contributed by atoms with van der Waals surface area (Å²) in [5.74, 6) is 0.134. The van der Waals surface area contributed by atoms with Gasteiger partial charge in [0.1, 0.15) is 0 Å². The Morgan fingerprint density at radius 1 is 1.42 bits per heavy atom. The minimum atomic E-state index is -0.258. The van der Waals surface area contributed by atoms with Crippen LogP contribution >= 0.6 is 11.3 Å². The van der Waals surface area contributed by atoms with Gasteiger partial charge in [0.2, 0.25) is 5.91 Å². The molecular weight excluding hydrogens is 324 g/mol. The Morgan fingerprint density at radius 2 is 2.29 bits per heavy atom. The molecule has 2 heterocycles. The molecule has 0 spiro atoms. The summed E-state index contributed by atoms with van der Waals surface area (Å²) < 4.78 is 0. The number of urea groups is 1. The number of aromatic nitrogens is 1. The number of amides is 3. The molecule has 0 saturated carbocycles. The van der Waals surface area contributed by atoms with Gasteiger partial charge in [0, 0.05) is 42.7 Å². The minimum absolute atomic E-state index is 0.134. The van der Waals surface area contributed by atoms with E-state index in [4.69, 9.17) is 0 Å². The van der Waals surface area contributed by atoms with Crippen LogP contribution in [0.15, 0.2) is 29.6 Å². The third kappa shape index (κ3) is 4.11. The smallest absolute Gasteiger partial charge is 0.319 e. The van der Waals surface area contributed by atoms with Gasteiger partial charge in [-0.2, -0.15) is 0 Å². The molecule has 1 aliphatic rings. The number of thiazole rings is 1. The number of hydrogen-bond acceptors (Lipinski definition) is 4. The lowest BCUT2D eigenvalue weighted by Gasteiger charge is -2.16. The fourth-order valence-electron chi connectivity index (χ4n) is 2.68. The van der Waals surface area contributed by atoms with Crippen molar-refractivity contribution in [2.24, 2.45) is 0 Å². The highest BCUT2D eigenvalue weighted by Crippen LogP contribution is 2.24. The van der Waals surface area contributed by atoms with Gasteiger partial charge in [-0.25, -0.2) is 9.78 Å². The van der Waals surface area contributed by atoms with Crippen molar-refractivity contribution in [1.82, 2.24) is 10.3 Å². The Morgan fingerprint density at radius 3 is 3.00 bits per heavy atom. The molecular formula is C17H20N4O2S. The molecule has 7 heteroatoms. The third-order valence-electron chi connectivity index (χ3n) is 3.82. The molecule has 6 nitrogen and oxygen atoms in total. The molecule has 0 aliphatic carbocycles. The summed E-state index contributed by atoms with van der Waals surface area (Å²) in [6.45, 7) is 3.23. The first-order valence-electron chi connectivity index (χ1n) is 7.98.